The van der Waals surface area contributed by atoms with Crippen LogP contribution in [0.3, 0.4) is 0 Å². The van der Waals surface area contributed by atoms with Crippen LogP contribution in [-0.4, -0.2) is 18.2 Å². The first-order chi connectivity index (χ1) is 9.76. The number of nitrogens with zero attached hydrogens (tertiary/aromatic N) is 1. The van der Waals surface area contributed by atoms with Crippen LogP contribution in [0.1, 0.15) is 44.5 Å². The second kappa shape index (κ2) is 6.93. The smallest absolute Gasteiger partial charge is 0.150 e. The summed E-state index contributed by atoms with van der Waals surface area (Å²) in [5, 5.41) is 1.06. The maximum absolute atomic E-state index is 6.11. The van der Waals surface area contributed by atoms with E-state index in [1.54, 1.807) is 18.4 Å². The lowest BCUT2D eigenvalue weighted by Gasteiger charge is -2.14. The standard InChI is InChI=1S/C14H17NO2S.C2H6/c1-9-15-14-12(17-10-5-3-4-6-10)7-11(16-2)8-13(14)18-9;1-2/h7-8,10H,3-6H2,1-2H3;1-2H3. The summed E-state index contributed by atoms with van der Waals surface area (Å²) in [6.07, 6.45) is 5.20. The maximum atomic E-state index is 6.11. The zero-order valence-electron chi connectivity index (χ0n) is 12.7. The van der Waals surface area contributed by atoms with Crippen molar-refractivity contribution in [3.05, 3.63) is 17.1 Å². The molecule has 1 aliphatic carbocycles. The van der Waals surface area contributed by atoms with Gasteiger partial charge in [0.25, 0.3) is 0 Å². The van der Waals surface area contributed by atoms with Crippen LogP contribution in [0.4, 0.5) is 0 Å². The molecule has 0 amide bonds. The molecule has 1 aliphatic rings. The van der Waals surface area contributed by atoms with Crippen molar-refractivity contribution < 1.29 is 9.47 Å². The Kier molecular flexibility index (Phi) is 5.24. The van der Waals surface area contributed by atoms with Gasteiger partial charge in [-0.25, -0.2) is 4.98 Å². The average molecular weight is 293 g/mol. The zero-order chi connectivity index (χ0) is 14.5. The van der Waals surface area contributed by atoms with Gasteiger partial charge in [-0.1, -0.05) is 13.8 Å². The topological polar surface area (TPSA) is 31.4 Å². The molecule has 0 spiro atoms. The highest BCUT2D eigenvalue weighted by Gasteiger charge is 2.19. The monoisotopic (exact) mass is 293 g/mol. The molecule has 2 aromatic rings. The van der Waals surface area contributed by atoms with Gasteiger partial charge < -0.3 is 9.47 Å². The van der Waals surface area contributed by atoms with E-state index >= 15 is 0 Å². The van der Waals surface area contributed by atoms with Gasteiger partial charge in [0.05, 0.1) is 22.9 Å². The second-order valence-electron chi connectivity index (χ2n) is 4.73. The number of hydrogen-bond acceptors (Lipinski definition) is 4. The second-order valence-corrected chi connectivity index (χ2v) is 5.96. The summed E-state index contributed by atoms with van der Waals surface area (Å²) in [5.74, 6) is 1.72. The molecule has 1 aromatic heterocycles. The number of ether oxygens (including phenoxy) is 2. The molecular formula is C16H23NO2S. The van der Waals surface area contributed by atoms with Gasteiger partial charge in [0.2, 0.25) is 0 Å². The average Bonchev–Trinajstić information content (AvgIpc) is 3.09. The molecule has 20 heavy (non-hydrogen) atoms. The van der Waals surface area contributed by atoms with Crippen LogP contribution in [0, 0.1) is 6.92 Å². The first-order valence-corrected chi connectivity index (χ1v) is 8.20. The Hall–Kier alpha value is -1.29. The van der Waals surface area contributed by atoms with E-state index < -0.39 is 0 Å². The van der Waals surface area contributed by atoms with Crippen molar-refractivity contribution in [1.82, 2.24) is 4.98 Å². The van der Waals surface area contributed by atoms with Gasteiger partial charge in [-0.3, -0.25) is 0 Å². The Balaban J connectivity index is 0.000000704. The predicted octanol–water partition coefficient (Wildman–Crippen LogP) is 4.96. The summed E-state index contributed by atoms with van der Waals surface area (Å²) in [7, 11) is 1.69. The Morgan fingerprint density at radius 3 is 2.55 bits per heavy atom. The number of methoxy groups -OCH3 is 1. The molecule has 0 atom stereocenters. The van der Waals surface area contributed by atoms with E-state index in [4.69, 9.17) is 9.47 Å². The summed E-state index contributed by atoms with van der Waals surface area (Å²) in [6, 6.07) is 3.99. The molecule has 4 heteroatoms. The molecule has 0 aliphatic heterocycles. The van der Waals surface area contributed by atoms with Gasteiger partial charge in [0, 0.05) is 6.07 Å². The van der Waals surface area contributed by atoms with E-state index in [0.29, 0.717) is 6.10 Å². The summed E-state index contributed by atoms with van der Waals surface area (Å²) in [4.78, 5) is 4.57. The zero-order valence-corrected chi connectivity index (χ0v) is 13.5. The fraction of sp³-hybridized carbons (Fsp3) is 0.562. The van der Waals surface area contributed by atoms with Crippen LogP contribution in [0.15, 0.2) is 12.1 Å². The highest BCUT2D eigenvalue weighted by Crippen LogP contribution is 2.36. The van der Waals surface area contributed by atoms with Crippen molar-refractivity contribution in [2.24, 2.45) is 0 Å². The van der Waals surface area contributed by atoms with Crippen LogP contribution in [-0.2, 0) is 0 Å². The van der Waals surface area contributed by atoms with Gasteiger partial charge in [0.15, 0.2) is 5.75 Å². The largest absolute Gasteiger partial charge is 0.497 e. The lowest BCUT2D eigenvalue weighted by molar-refractivity contribution is 0.211. The molecule has 0 N–H and O–H groups in total. The van der Waals surface area contributed by atoms with Gasteiger partial charge in [-0.2, -0.15) is 0 Å². The number of aromatic nitrogens is 1. The first kappa shape index (κ1) is 15.1. The van der Waals surface area contributed by atoms with E-state index in [0.717, 1.165) is 39.6 Å². The van der Waals surface area contributed by atoms with Crippen molar-refractivity contribution >= 4 is 21.6 Å². The molecule has 3 rings (SSSR count). The molecule has 0 radical (unpaired) electrons. The normalized spacial score (nSPS) is 15.0. The fourth-order valence-corrected chi connectivity index (χ4v) is 3.35. The Morgan fingerprint density at radius 1 is 1.20 bits per heavy atom. The van der Waals surface area contributed by atoms with Crippen molar-refractivity contribution in [3.63, 3.8) is 0 Å². The molecule has 0 unspecified atom stereocenters. The Bertz CT molecular complexity index is 559. The van der Waals surface area contributed by atoms with Crippen LogP contribution in [0.2, 0.25) is 0 Å². The predicted molar refractivity (Wildman–Crippen MR) is 85.1 cm³/mol. The number of benzene rings is 1. The van der Waals surface area contributed by atoms with Gasteiger partial charge in [-0.05, 0) is 38.7 Å². The van der Waals surface area contributed by atoms with E-state index in [2.05, 4.69) is 4.98 Å². The molecule has 1 heterocycles. The maximum Gasteiger partial charge on any atom is 0.150 e. The van der Waals surface area contributed by atoms with Crippen molar-refractivity contribution in [3.8, 4) is 11.5 Å². The lowest BCUT2D eigenvalue weighted by atomic mass is 10.2. The molecule has 0 bridgehead atoms. The third kappa shape index (κ3) is 3.23. The highest BCUT2D eigenvalue weighted by molar-refractivity contribution is 7.18. The number of thiazole rings is 1. The summed E-state index contributed by atoms with van der Waals surface area (Å²) in [5.41, 5.74) is 0.977. The number of rotatable bonds is 3. The van der Waals surface area contributed by atoms with Crippen molar-refractivity contribution in [2.75, 3.05) is 7.11 Å². The summed E-state index contributed by atoms with van der Waals surface area (Å²) < 4.78 is 12.6. The quantitative estimate of drug-likeness (QED) is 0.801. The van der Waals surface area contributed by atoms with Crippen LogP contribution in [0.5, 0.6) is 11.5 Å². The molecule has 0 saturated heterocycles. The first-order valence-electron chi connectivity index (χ1n) is 7.38. The van der Waals surface area contributed by atoms with Gasteiger partial charge >= 0.3 is 0 Å². The summed E-state index contributed by atoms with van der Waals surface area (Å²) in [6.45, 7) is 6.02. The minimum absolute atomic E-state index is 0.349. The fourth-order valence-electron chi connectivity index (χ4n) is 2.48. The van der Waals surface area contributed by atoms with Crippen LogP contribution >= 0.6 is 11.3 Å². The minimum Gasteiger partial charge on any atom is -0.497 e. The summed E-state index contributed by atoms with van der Waals surface area (Å²) >= 11 is 1.68. The molecule has 110 valence electrons. The van der Waals surface area contributed by atoms with Gasteiger partial charge in [0.1, 0.15) is 11.3 Å². The SMILES string of the molecule is CC.COc1cc(OC2CCCC2)c2nc(C)sc2c1. The van der Waals surface area contributed by atoms with Gasteiger partial charge in [-0.15, -0.1) is 11.3 Å². The Morgan fingerprint density at radius 2 is 1.90 bits per heavy atom. The van der Waals surface area contributed by atoms with Crippen molar-refractivity contribution in [1.29, 1.82) is 0 Å². The van der Waals surface area contributed by atoms with E-state index in [-0.39, 0.29) is 0 Å². The lowest BCUT2D eigenvalue weighted by Crippen LogP contribution is -2.11. The van der Waals surface area contributed by atoms with E-state index in [1.165, 1.54) is 12.8 Å². The minimum atomic E-state index is 0.349. The van der Waals surface area contributed by atoms with Crippen molar-refractivity contribution in [2.45, 2.75) is 52.6 Å². The number of fused-ring (bicyclic) bond motifs is 1. The van der Waals surface area contributed by atoms with Crippen LogP contribution < -0.4 is 9.47 Å². The van der Waals surface area contributed by atoms with E-state index in [1.807, 2.05) is 32.9 Å². The third-order valence-electron chi connectivity index (χ3n) is 3.37. The van der Waals surface area contributed by atoms with Crippen LogP contribution in [0.25, 0.3) is 10.2 Å². The van der Waals surface area contributed by atoms with E-state index in [9.17, 15) is 0 Å². The molecule has 1 fully saturated rings. The molecule has 3 nitrogen and oxygen atoms in total. The Labute approximate surface area is 124 Å². The molecule has 1 aromatic carbocycles. The molecular weight excluding hydrogens is 270 g/mol. The molecule has 1 saturated carbocycles. The number of hydrogen-bond donors (Lipinski definition) is 0. The highest BCUT2D eigenvalue weighted by atomic mass is 32.1. The third-order valence-corrected chi connectivity index (χ3v) is 4.29. The number of aryl methyl sites for hydroxylation is 1.